The first kappa shape index (κ1) is 13.6. The van der Waals surface area contributed by atoms with E-state index >= 15 is 0 Å². The molecule has 0 aliphatic heterocycles. The number of hydrogen-bond donors (Lipinski definition) is 0. The van der Waals surface area contributed by atoms with E-state index in [-0.39, 0.29) is 0 Å². The molecule has 0 fully saturated rings. The van der Waals surface area contributed by atoms with Crippen molar-refractivity contribution < 1.29 is 0 Å². The van der Waals surface area contributed by atoms with Crippen molar-refractivity contribution in [3.63, 3.8) is 0 Å². The maximum Gasteiger partial charge on any atom is 0.0800 e. The van der Waals surface area contributed by atoms with Gasteiger partial charge in [-0.15, -0.1) is 6.42 Å². The molecule has 2 aromatic rings. The van der Waals surface area contributed by atoms with Crippen LogP contribution in [0.3, 0.4) is 0 Å². The number of hydrogen-bond acceptors (Lipinski definition) is 0. The van der Waals surface area contributed by atoms with Gasteiger partial charge in [0.1, 0.15) is 0 Å². The highest BCUT2D eigenvalue weighted by molar-refractivity contribution is 6.90. The topological polar surface area (TPSA) is 0 Å². The molecule has 96 valence electrons. The maximum atomic E-state index is 5.69. The second-order valence-corrected chi connectivity index (χ2v) is 11.0. The molecule has 0 spiro atoms. The Kier molecular flexibility index (Phi) is 3.64. The first-order valence-corrected chi connectivity index (χ1v) is 10.1. The van der Waals surface area contributed by atoms with Crippen LogP contribution < -0.4 is 5.19 Å². The van der Waals surface area contributed by atoms with E-state index < -0.39 is 8.07 Å². The van der Waals surface area contributed by atoms with E-state index in [2.05, 4.69) is 74.9 Å². The predicted octanol–water partition coefficient (Wildman–Crippen LogP) is 4.19. The van der Waals surface area contributed by atoms with E-state index in [0.717, 1.165) is 5.56 Å². The van der Waals surface area contributed by atoms with Crippen LogP contribution in [-0.4, -0.2) is 8.07 Å². The Bertz CT molecular complexity index is 622. The molecule has 0 nitrogen and oxygen atoms in total. The number of terminal acetylenes is 1. The van der Waals surface area contributed by atoms with Crippen LogP contribution in [0.2, 0.25) is 19.6 Å². The van der Waals surface area contributed by atoms with Gasteiger partial charge in [0.05, 0.1) is 8.07 Å². The molecular weight excluding hydrogens is 244 g/mol. The standard InChI is InChI=1S/C18H20Si/c1-6-15-8-7-9-17(18(15)19(3,4)5)16-12-10-14(2)11-13-16/h1,7-13H,2-5H3. The van der Waals surface area contributed by atoms with Crippen LogP contribution in [0, 0.1) is 19.3 Å². The first-order valence-electron chi connectivity index (χ1n) is 6.60. The van der Waals surface area contributed by atoms with Gasteiger partial charge in [-0.2, -0.15) is 0 Å². The quantitative estimate of drug-likeness (QED) is 0.563. The Morgan fingerprint density at radius 3 is 2.11 bits per heavy atom. The minimum Gasteiger partial charge on any atom is -0.115 e. The highest BCUT2D eigenvalue weighted by atomic mass is 28.3. The van der Waals surface area contributed by atoms with E-state index in [1.54, 1.807) is 0 Å². The Morgan fingerprint density at radius 2 is 1.58 bits per heavy atom. The lowest BCUT2D eigenvalue weighted by atomic mass is 10.0. The maximum absolute atomic E-state index is 5.69. The lowest BCUT2D eigenvalue weighted by molar-refractivity contribution is 1.47. The molecule has 19 heavy (non-hydrogen) atoms. The van der Waals surface area contributed by atoms with Crippen molar-refractivity contribution in [2.45, 2.75) is 26.6 Å². The third kappa shape index (κ3) is 2.80. The summed E-state index contributed by atoms with van der Waals surface area (Å²) < 4.78 is 0. The van der Waals surface area contributed by atoms with Crippen LogP contribution in [0.15, 0.2) is 42.5 Å². The number of rotatable bonds is 2. The summed E-state index contributed by atoms with van der Waals surface area (Å²) in [5, 5.41) is 1.39. The van der Waals surface area contributed by atoms with Gasteiger partial charge < -0.3 is 0 Å². The van der Waals surface area contributed by atoms with Crippen LogP contribution in [0.1, 0.15) is 11.1 Å². The zero-order valence-corrected chi connectivity index (χ0v) is 13.1. The summed E-state index contributed by atoms with van der Waals surface area (Å²) in [6.45, 7) is 9.16. The van der Waals surface area contributed by atoms with Crippen LogP contribution in [0.25, 0.3) is 11.1 Å². The smallest absolute Gasteiger partial charge is 0.0800 e. The van der Waals surface area contributed by atoms with Gasteiger partial charge in [-0.1, -0.05) is 67.5 Å². The van der Waals surface area contributed by atoms with Crippen LogP contribution >= 0.6 is 0 Å². The van der Waals surface area contributed by atoms with Gasteiger partial charge in [0, 0.05) is 5.56 Å². The minimum atomic E-state index is -1.48. The zero-order chi connectivity index (χ0) is 14.0. The molecule has 0 N–H and O–H groups in total. The molecule has 0 aliphatic rings. The summed E-state index contributed by atoms with van der Waals surface area (Å²) in [7, 11) is -1.48. The largest absolute Gasteiger partial charge is 0.115 e. The molecule has 2 aromatic carbocycles. The minimum absolute atomic E-state index is 1.05. The van der Waals surface area contributed by atoms with Gasteiger partial charge in [0.15, 0.2) is 0 Å². The molecule has 0 saturated carbocycles. The highest BCUT2D eigenvalue weighted by Crippen LogP contribution is 2.22. The van der Waals surface area contributed by atoms with Crippen LogP contribution in [0.5, 0.6) is 0 Å². The van der Waals surface area contributed by atoms with E-state index in [1.165, 1.54) is 21.9 Å². The van der Waals surface area contributed by atoms with Crippen LogP contribution in [-0.2, 0) is 0 Å². The summed E-state index contributed by atoms with van der Waals surface area (Å²) in [6, 6.07) is 15.0. The molecule has 0 aliphatic carbocycles. The fraction of sp³-hybridized carbons (Fsp3) is 0.222. The Labute approximate surface area is 117 Å². The molecule has 0 saturated heterocycles. The summed E-state index contributed by atoms with van der Waals surface area (Å²) in [4.78, 5) is 0. The lowest BCUT2D eigenvalue weighted by Crippen LogP contribution is -2.41. The molecular formula is C18H20Si. The third-order valence-corrected chi connectivity index (χ3v) is 5.37. The number of benzene rings is 2. The SMILES string of the molecule is C#Cc1cccc(-c2ccc(C)cc2)c1[Si](C)(C)C. The molecule has 0 radical (unpaired) electrons. The van der Waals surface area contributed by atoms with Crippen molar-refractivity contribution in [1.29, 1.82) is 0 Å². The molecule has 2 rings (SSSR count). The van der Waals surface area contributed by atoms with Crippen molar-refractivity contribution in [2.24, 2.45) is 0 Å². The molecule has 0 unspecified atom stereocenters. The van der Waals surface area contributed by atoms with Crippen molar-refractivity contribution in [2.75, 3.05) is 0 Å². The summed E-state index contributed by atoms with van der Waals surface area (Å²) >= 11 is 0. The van der Waals surface area contributed by atoms with E-state index in [0.29, 0.717) is 0 Å². The molecule has 0 bridgehead atoms. The van der Waals surface area contributed by atoms with Gasteiger partial charge in [0.25, 0.3) is 0 Å². The second kappa shape index (κ2) is 5.07. The molecule has 1 heteroatoms. The third-order valence-electron chi connectivity index (χ3n) is 3.33. The summed E-state index contributed by atoms with van der Waals surface area (Å²) in [5.74, 6) is 2.86. The summed E-state index contributed by atoms with van der Waals surface area (Å²) in [5.41, 5.74) is 4.90. The molecule has 0 atom stereocenters. The van der Waals surface area contributed by atoms with Crippen LogP contribution in [0.4, 0.5) is 0 Å². The normalized spacial score (nSPS) is 11.1. The van der Waals surface area contributed by atoms with Gasteiger partial charge in [-0.3, -0.25) is 0 Å². The average Bonchev–Trinajstić information content (AvgIpc) is 2.37. The molecule has 0 amide bonds. The predicted molar refractivity (Wildman–Crippen MR) is 87.5 cm³/mol. The average molecular weight is 264 g/mol. The lowest BCUT2D eigenvalue weighted by Gasteiger charge is -2.23. The van der Waals surface area contributed by atoms with Gasteiger partial charge in [0.2, 0.25) is 0 Å². The Hall–Kier alpha value is -1.78. The fourth-order valence-corrected chi connectivity index (χ4v) is 4.45. The monoisotopic (exact) mass is 264 g/mol. The van der Waals surface area contributed by atoms with Crippen molar-refractivity contribution >= 4 is 13.3 Å². The van der Waals surface area contributed by atoms with Gasteiger partial charge >= 0.3 is 0 Å². The number of aryl methyl sites for hydroxylation is 1. The summed E-state index contributed by atoms with van der Waals surface area (Å²) in [6.07, 6.45) is 5.69. The fourth-order valence-electron chi connectivity index (χ4n) is 2.45. The highest BCUT2D eigenvalue weighted by Gasteiger charge is 2.23. The zero-order valence-electron chi connectivity index (χ0n) is 12.1. The van der Waals surface area contributed by atoms with Gasteiger partial charge in [-0.05, 0) is 29.3 Å². The van der Waals surface area contributed by atoms with Gasteiger partial charge in [-0.25, -0.2) is 0 Å². The van der Waals surface area contributed by atoms with E-state index in [4.69, 9.17) is 6.42 Å². The Morgan fingerprint density at radius 1 is 0.947 bits per heavy atom. The van der Waals surface area contributed by atoms with Crippen molar-refractivity contribution in [3.05, 3.63) is 53.6 Å². The molecule has 0 aromatic heterocycles. The Balaban J connectivity index is 2.71. The van der Waals surface area contributed by atoms with Crippen molar-refractivity contribution in [3.8, 4) is 23.5 Å². The first-order chi connectivity index (χ1) is 8.93. The van der Waals surface area contributed by atoms with Crippen molar-refractivity contribution in [1.82, 2.24) is 0 Å². The second-order valence-electron chi connectivity index (χ2n) is 5.99. The molecule has 0 heterocycles. The van der Waals surface area contributed by atoms with E-state index in [1.807, 2.05) is 0 Å². The van der Waals surface area contributed by atoms with E-state index in [9.17, 15) is 0 Å².